The Morgan fingerprint density at radius 3 is 2.80 bits per heavy atom. The van der Waals surface area contributed by atoms with Crippen LogP contribution in [0.2, 0.25) is 5.15 Å². The van der Waals surface area contributed by atoms with E-state index in [0.717, 1.165) is 10.8 Å². The topological polar surface area (TPSA) is 68.0 Å². The first-order valence-electron chi connectivity index (χ1n) is 5.96. The SMILES string of the molecule is O=C(NCc1ccon1)c1cnc(Cl)c2ccccc12. The highest BCUT2D eigenvalue weighted by molar-refractivity contribution is 6.34. The first-order valence-corrected chi connectivity index (χ1v) is 6.34. The van der Waals surface area contributed by atoms with Gasteiger partial charge in [0.1, 0.15) is 17.1 Å². The van der Waals surface area contributed by atoms with Crippen LogP contribution in [0, 0.1) is 0 Å². The van der Waals surface area contributed by atoms with E-state index in [1.165, 1.54) is 12.5 Å². The lowest BCUT2D eigenvalue weighted by Gasteiger charge is -2.07. The van der Waals surface area contributed by atoms with Crippen molar-refractivity contribution in [1.82, 2.24) is 15.5 Å². The zero-order valence-electron chi connectivity index (χ0n) is 10.3. The van der Waals surface area contributed by atoms with Crippen molar-refractivity contribution < 1.29 is 9.32 Å². The lowest BCUT2D eigenvalue weighted by molar-refractivity contribution is 0.0951. The number of nitrogens with zero attached hydrogens (tertiary/aromatic N) is 2. The molecule has 0 aliphatic heterocycles. The van der Waals surface area contributed by atoms with Crippen LogP contribution < -0.4 is 5.32 Å². The molecule has 0 aliphatic carbocycles. The summed E-state index contributed by atoms with van der Waals surface area (Å²) in [5, 5.41) is 8.40. The highest BCUT2D eigenvalue weighted by Gasteiger charge is 2.12. The molecule has 3 aromatic rings. The van der Waals surface area contributed by atoms with E-state index in [1.54, 1.807) is 6.07 Å². The number of aromatic nitrogens is 2. The number of nitrogens with one attached hydrogen (secondary N) is 1. The molecule has 0 saturated carbocycles. The molecule has 0 saturated heterocycles. The van der Waals surface area contributed by atoms with Crippen LogP contribution in [0.4, 0.5) is 0 Å². The second-order valence-electron chi connectivity index (χ2n) is 4.18. The van der Waals surface area contributed by atoms with Gasteiger partial charge >= 0.3 is 0 Å². The van der Waals surface area contributed by atoms with Gasteiger partial charge in [-0.15, -0.1) is 0 Å². The summed E-state index contributed by atoms with van der Waals surface area (Å²) in [6.07, 6.45) is 2.93. The minimum Gasteiger partial charge on any atom is -0.364 e. The quantitative estimate of drug-likeness (QED) is 0.752. The van der Waals surface area contributed by atoms with E-state index in [4.69, 9.17) is 16.1 Å². The molecule has 2 aromatic heterocycles. The number of fused-ring (bicyclic) bond motifs is 1. The van der Waals surface area contributed by atoms with Gasteiger partial charge in [0, 0.05) is 17.6 Å². The molecule has 1 amide bonds. The second-order valence-corrected chi connectivity index (χ2v) is 4.54. The van der Waals surface area contributed by atoms with Crippen LogP contribution >= 0.6 is 11.6 Å². The summed E-state index contributed by atoms with van der Waals surface area (Å²) in [5.41, 5.74) is 1.14. The maximum Gasteiger partial charge on any atom is 0.253 e. The maximum absolute atomic E-state index is 12.2. The van der Waals surface area contributed by atoms with Crippen LogP contribution in [0.1, 0.15) is 16.1 Å². The van der Waals surface area contributed by atoms with E-state index in [9.17, 15) is 4.79 Å². The summed E-state index contributed by atoms with van der Waals surface area (Å²) in [6.45, 7) is 0.298. The van der Waals surface area contributed by atoms with Gasteiger partial charge in [-0.25, -0.2) is 4.98 Å². The molecule has 6 heteroatoms. The van der Waals surface area contributed by atoms with Gasteiger partial charge < -0.3 is 9.84 Å². The molecule has 0 atom stereocenters. The van der Waals surface area contributed by atoms with Gasteiger partial charge in [-0.1, -0.05) is 41.0 Å². The number of amides is 1. The fraction of sp³-hybridized carbons (Fsp3) is 0.0714. The number of benzene rings is 1. The Hall–Kier alpha value is -2.40. The van der Waals surface area contributed by atoms with E-state index in [-0.39, 0.29) is 5.91 Å². The summed E-state index contributed by atoms with van der Waals surface area (Å²) >= 11 is 6.03. The number of carbonyl (C=O) groups is 1. The van der Waals surface area contributed by atoms with Crippen molar-refractivity contribution in [2.24, 2.45) is 0 Å². The second kappa shape index (κ2) is 5.30. The first-order chi connectivity index (χ1) is 9.75. The zero-order valence-corrected chi connectivity index (χ0v) is 11.1. The molecule has 0 unspecified atom stereocenters. The smallest absolute Gasteiger partial charge is 0.253 e. The van der Waals surface area contributed by atoms with Gasteiger partial charge in [0.25, 0.3) is 5.91 Å². The average Bonchev–Trinajstić information content (AvgIpc) is 2.99. The van der Waals surface area contributed by atoms with Crippen LogP contribution in [-0.4, -0.2) is 16.0 Å². The Bertz CT molecular complexity index is 756. The Kier molecular flexibility index (Phi) is 3.35. The molecule has 5 nitrogen and oxygen atoms in total. The van der Waals surface area contributed by atoms with Crippen LogP contribution in [0.15, 0.2) is 47.3 Å². The molecule has 1 N–H and O–H groups in total. The van der Waals surface area contributed by atoms with Gasteiger partial charge in [-0.2, -0.15) is 0 Å². The average molecular weight is 288 g/mol. The van der Waals surface area contributed by atoms with E-state index in [1.807, 2.05) is 24.3 Å². The van der Waals surface area contributed by atoms with E-state index in [2.05, 4.69) is 15.5 Å². The van der Waals surface area contributed by atoms with Gasteiger partial charge in [0.05, 0.1) is 12.1 Å². The molecular weight excluding hydrogens is 278 g/mol. The maximum atomic E-state index is 12.2. The van der Waals surface area contributed by atoms with Crippen LogP contribution in [0.25, 0.3) is 10.8 Å². The van der Waals surface area contributed by atoms with E-state index in [0.29, 0.717) is 23.0 Å². The summed E-state index contributed by atoms with van der Waals surface area (Å²) in [6, 6.07) is 9.07. The Morgan fingerprint density at radius 1 is 1.25 bits per heavy atom. The lowest BCUT2D eigenvalue weighted by Crippen LogP contribution is -2.23. The highest BCUT2D eigenvalue weighted by atomic mass is 35.5. The van der Waals surface area contributed by atoms with Crippen LogP contribution in [-0.2, 0) is 6.54 Å². The van der Waals surface area contributed by atoms with Crippen molar-refractivity contribution in [3.8, 4) is 0 Å². The number of hydrogen-bond acceptors (Lipinski definition) is 4. The molecular formula is C14H10ClN3O2. The van der Waals surface area contributed by atoms with Gasteiger partial charge in [0.15, 0.2) is 0 Å². The Balaban J connectivity index is 1.90. The largest absolute Gasteiger partial charge is 0.364 e. The van der Waals surface area contributed by atoms with Crippen molar-refractivity contribution in [1.29, 1.82) is 0 Å². The minimum atomic E-state index is -0.228. The summed E-state index contributed by atoms with van der Waals surface area (Å²) in [5.74, 6) is -0.228. The van der Waals surface area contributed by atoms with Crippen LogP contribution in [0.3, 0.4) is 0 Å². The molecule has 0 radical (unpaired) electrons. The number of rotatable bonds is 3. The fourth-order valence-corrected chi connectivity index (χ4v) is 2.15. The molecule has 20 heavy (non-hydrogen) atoms. The Labute approximate surface area is 119 Å². The van der Waals surface area contributed by atoms with Crippen molar-refractivity contribution in [3.63, 3.8) is 0 Å². The van der Waals surface area contributed by atoms with Gasteiger partial charge in [-0.3, -0.25) is 4.79 Å². The van der Waals surface area contributed by atoms with E-state index < -0.39 is 0 Å². The van der Waals surface area contributed by atoms with E-state index >= 15 is 0 Å². The summed E-state index contributed by atoms with van der Waals surface area (Å²) < 4.78 is 4.71. The van der Waals surface area contributed by atoms with Gasteiger partial charge in [-0.05, 0) is 5.39 Å². The predicted octanol–water partition coefficient (Wildman–Crippen LogP) is 2.81. The number of hydrogen-bond donors (Lipinski definition) is 1. The first kappa shape index (κ1) is 12.6. The van der Waals surface area contributed by atoms with Crippen molar-refractivity contribution in [2.45, 2.75) is 6.54 Å². The zero-order chi connectivity index (χ0) is 13.9. The van der Waals surface area contributed by atoms with Crippen molar-refractivity contribution in [3.05, 3.63) is 59.2 Å². The normalized spacial score (nSPS) is 10.7. The number of carbonyl (C=O) groups excluding carboxylic acids is 1. The molecule has 0 fully saturated rings. The number of pyridine rings is 1. The molecule has 1 aromatic carbocycles. The third-order valence-corrected chi connectivity index (χ3v) is 3.21. The molecule has 2 heterocycles. The lowest BCUT2D eigenvalue weighted by atomic mass is 10.1. The third-order valence-electron chi connectivity index (χ3n) is 2.91. The minimum absolute atomic E-state index is 0.228. The molecule has 3 rings (SSSR count). The predicted molar refractivity (Wildman–Crippen MR) is 74.4 cm³/mol. The monoisotopic (exact) mass is 287 g/mol. The van der Waals surface area contributed by atoms with Crippen molar-refractivity contribution in [2.75, 3.05) is 0 Å². The molecule has 0 spiro atoms. The van der Waals surface area contributed by atoms with Crippen molar-refractivity contribution >= 4 is 28.3 Å². The van der Waals surface area contributed by atoms with Gasteiger partial charge in [0.2, 0.25) is 0 Å². The van der Waals surface area contributed by atoms with Crippen LogP contribution in [0.5, 0.6) is 0 Å². The third kappa shape index (κ3) is 2.35. The molecule has 100 valence electrons. The Morgan fingerprint density at radius 2 is 2.05 bits per heavy atom. The highest BCUT2D eigenvalue weighted by Crippen LogP contribution is 2.24. The standard InChI is InChI=1S/C14H10ClN3O2/c15-13-11-4-2-1-3-10(11)12(8-16-13)14(19)17-7-9-5-6-20-18-9/h1-6,8H,7H2,(H,17,19). The summed E-state index contributed by atoms with van der Waals surface area (Å²) in [7, 11) is 0. The number of halogens is 1. The fourth-order valence-electron chi connectivity index (χ4n) is 1.93. The molecule has 0 bridgehead atoms. The molecule has 0 aliphatic rings. The summed E-state index contributed by atoms with van der Waals surface area (Å²) in [4.78, 5) is 16.3.